The SMILES string of the molecule is CC1CCC(NC(=O)CN2CCN(Cc3ccccc3Cl)C2=O)CC1. The lowest BCUT2D eigenvalue weighted by molar-refractivity contribution is -0.122. The molecule has 0 aromatic heterocycles. The summed E-state index contributed by atoms with van der Waals surface area (Å²) < 4.78 is 0. The molecule has 1 aliphatic heterocycles. The third kappa shape index (κ3) is 4.66. The van der Waals surface area contributed by atoms with Crippen molar-refractivity contribution < 1.29 is 9.59 Å². The highest BCUT2D eigenvalue weighted by Gasteiger charge is 2.30. The van der Waals surface area contributed by atoms with E-state index in [9.17, 15) is 9.59 Å². The first-order chi connectivity index (χ1) is 12.0. The molecule has 3 amide bonds. The zero-order valence-electron chi connectivity index (χ0n) is 14.7. The maximum absolute atomic E-state index is 12.5. The fourth-order valence-corrected chi connectivity index (χ4v) is 3.80. The normalized spacial score (nSPS) is 23.8. The van der Waals surface area contributed by atoms with E-state index in [0.29, 0.717) is 24.7 Å². The lowest BCUT2D eigenvalue weighted by atomic mass is 9.87. The van der Waals surface area contributed by atoms with E-state index in [1.165, 1.54) is 12.8 Å². The zero-order chi connectivity index (χ0) is 17.8. The molecule has 5 nitrogen and oxygen atoms in total. The van der Waals surface area contributed by atoms with E-state index in [1.54, 1.807) is 9.80 Å². The van der Waals surface area contributed by atoms with Gasteiger partial charge in [0.2, 0.25) is 5.91 Å². The highest BCUT2D eigenvalue weighted by atomic mass is 35.5. The van der Waals surface area contributed by atoms with Crippen LogP contribution >= 0.6 is 11.6 Å². The molecule has 25 heavy (non-hydrogen) atoms. The molecule has 2 fully saturated rings. The number of benzene rings is 1. The second-order valence-corrected chi connectivity index (χ2v) is 7.65. The highest BCUT2D eigenvalue weighted by Crippen LogP contribution is 2.23. The second kappa shape index (κ2) is 8.09. The van der Waals surface area contributed by atoms with Gasteiger partial charge in [-0.2, -0.15) is 0 Å². The summed E-state index contributed by atoms with van der Waals surface area (Å²) in [6.45, 7) is 4.09. The minimum absolute atomic E-state index is 0.0486. The molecule has 136 valence electrons. The Morgan fingerprint density at radius 1 is 1.16 bits per heavy atom. The van der Waals surface area contributed by atoms with Crippen LogP contribution in [0, 0.1) is 5.92 Å². The van der Waals surface area contributed by atoms with Crippen LogP contribution in [0.25, 0.3) is 0 Å². The number of carbonyl (C=O) groups is 2. The Bertz CT molecular complexity index is 629. The average molecular weight is 364 g/mol. The van der Waals surface area contributed by atoms with Crippen molar-refractivity contribution in [2.24, 2.45) is 5.92 Å². The van der Waals surface area contributed by atoms with Crippen molar-refractivity contribution in [3.8, 4) is 0 Å². The number of rotatable bonds is 5. The summed E-state index contributed by atoms with van der Waals surface area (Å²) >= 11 is 6.17. The first-order valence-corrected chi connectivity index (χ1v) is 9.47. The van der Waals surface area contributed by atoms with Crippen LogP contribution in [0.2, 0.25) is 5.02 Å². The van der Waals surface area contributed by atoms with Crippen LogP contribution in [-0.4, -0.2) is 47.4 Å². The molecule has 2 aliphatic rings. The van der Waals surface area contributed by atoms with Gasteiger partial charge in [-0.3, -0.25) is 4.79 Å². The summed E-state index contributed by atoms with van der Waals surface area (Å²) in [5.74, 6) is 0.708. The number of carbonyl (C=O) groups excluding carboxylic acids is 2. The van der Waals surface area contributed by atoms with Crippen LogP contribution in [0.5, 0.6) is 0 Å². The van der Waals surface area contributed by atoms with Gasteiger partial charge in [0, 0.05) is 30.7 Å². The maximum atomic E-state index is 12.5. The number of amides is 3. The van der Waals surface area contributed by atoms with E-state index >= 15 is 0 Å². The molecule has 0 radical (unpaired) electrons. The predicted molar refractivity (Wildman–Crippen MR) is 98.4 cm³/mol. The van der Waals surface area contributed by atoms with Crippen LogP contribution < -0.4 is 5.32 Å². The van der Waals surface area contributed by atoms with Crippen molar-refractivity contribution >= 4 is 23.5 Å². The van der Waals surface area contributed by atoms with Crippen LogP contribution in [0.1, 0.15) is 38.2 Å². The minimum atomic E-state index is -0.0904. The Kier molecular flexibility index (Phi) is 5.84. The van der Waals surface area contributed by atoms with Gasteiger partial charge in [0.25, 0.3) is 0 Å². The highest BCUT2D eigenvalue weighted by molar-refractivity contribution is 6.31. The summed E-state index contributed by atoms with van der Waals surface area (Å²) in [6, 6.07) is 7.72. The molecule has 1 saturated heterocycles. The van der Waals surface area contributed by atoms with Crippen LogP contribution in [-0.2, 0) is 11.3 Å². The van der Waals surface area contributed by atoms with Crippen molar-refractivity contribution in [1.29, 1.82) is 0 Å². The van der Waals surface area contributed by atoms with Gasteiger partial charge in [-0.15, -0.1) is 0 Å². The monoisotopic (exact) mass is 363 g/mol. The average Bonchev–Trinajstić information content (AvgIpc) is 2.92. The molecule has 6 heteroatoms. The molecule has 1 aliphatic carbocycles. The first kappa shape index (κ1) is 18.1. The fraction of sp³-hybridized carbons (Fsp3) is 0.579. The molecular formula is C19H26ClN3O2. The van der Waals surface area contributed by atoms with E-state index in [4.69, 9.17) is 11.6 Å². The van der Waals surface area contributed by atoms with Crippen molar-refractivity contribution in [2.45, 2.75) is 45.2 Å². The number of nitrogens with zero attached hydrogens (tertiary/aromatic N) is 2. The van der Waals surface area contributed by atoms with Crippen molar-refractivity contribution in [3.05, 3.63) is 34.9 Å². The Hall–Kier alpha value is -1.75. The molecular weight excluding hydrogens is 338 g/mol. The molecule has 0 spiro atoms. The van der Waals surface area contributed by atoms with E-state index in [-0.39, 0.29) is 24.5 Å². The quantitative estimate of drug-likeness (QED) is 0.872. The molecule has 0 bridgehead atoms. The number of halogens is 1. The summed E-state index contributed by atoms with van der Waals surface area (Å²) in [4.78, 5) is 28.2. The zero-order valence-corrected chi connectivity index (χ0v) is 15.5. The number of hydrogen-bond donors (Lipinski definition) is 1. The Labute approximate surface area is 154 Å². The van der Waals surface area contributed by atoms with Crippen molar-refractivity contribution in [1.82, 2.24) is 15.1 Å². The molecule has 0 unspecified atom stereocenters. The van der Waals surface area contributed by atoms with E-state index in [1.807, 2.05) is 24.3 Å². The van der Waals surface area contributed by atoms with Gasteiger partial charge in [0.1, 0.15) is 6.54 Å². The van der Waals surface area contributed by atoms with E-state index in [0.717, 1.165) is 24.3 Å². The molecule has 1 aromatic carbocycles. The first-order valence-electron chi connectivity index (χ1n) is 9.09. The van der Waals surface area contributed by atoms with Crippen LogP contribution in [0.4, 0.5) is 4.79 Å². The fourth-order valence-electron chi connectivity index (χ4n) is 3.61. The van der Waals surface area contributed by atoms with Gasteiger partial charge in [-0.1, -0.05) is 36.7 Å². The molecule has 1 N–H and O–H groups in total. The van der Waals surface area contributed by atoms with Crippen molar-refractivity contribution in [3.63, 3.8) is 0 Å². The summed E-state index contributed by atoms with van der Waals surface area (Å²) in [5, 5.41) is 3.75. The van der Waals surface area contributed by atoms with Crippen LogP contribution in [0.15, 0.2) is 24.3 Å². The van der Waals surface area contributed by atoms with Crippen molar-refractivity contribution in [2.75, 3.05) is 19.6 Å². The summed E-state index contributed by atoms with van der Waals surface area (Å²) in [6.07, 6.45) is 4.41. The maximum Gasteiger partial charge on any atom is 0.320 e. The van der Waals surface area contributed by atoms with E-state index in [2.05, 4.69) is 12.2 Å². The predicted octanol–water partition coefficient (Wildman–Crippen LogP) is 3.27. The molecule has 3 rings (SSSR count). The Balaban J connectivity index is 1.48. The number of nitrogens with one attached hydrogen (secondary N) is 1. The third-order valence-corrected chi connectivity index (χ3v) is 5.58. The third-order valence-electron chi connectivity index (χ3n) is 5.22. The lowest BCUT2D eigenvalue weighted by Crippen LogP contribution is -2.44. The number of urea groups is 1. The van der Waals surface area contributed by atoms with Gasteiger partial charge < -0.3 is 15.1 Å². The largest absolute Gasteiger partial charge is 0.352 e. The van der Waals surface area contributed by atoms with Crippen LogP contribution in [0.3, 0.4) is 0 Å². The lowest BCUT2D eigenvalue weighted by Gasteiger charge is -2.27. The minimum Gasteiger partial charge on any atom is -0.352 e. The van der Waals surface area contributed by atoms with Gasteiger partial charge in [0.05, 0.1) is 0 Å². The van der Waals surface area contributed by atoms with Gasteiger partial charge in [-0.05, 0) is 43.2 Å². The standard InChI is InChI=1S/C19H26ClN3O2/c1-14-6-8-16(9-7-14)21-18(24)13-23-11-10-22(19(23)25)12-15-4-2-3-5-17(15)20/h2-5,14,16H,6-13H2,1H3,(H,21,24). The molecule has 1 aromatic rings. The van der Waals surface area contributed by atoms with E-state index < -0.39 is 0 Å². The summed E-state index contributed by atoms with van der Waals surface area (Å²) in [5.41, 5.74) is 0.931. The number of hydrogen-bond acceptors (Lipinski definition) is 2. The Morgan fingerprint density at radius 3 is 2.56 bits per heavy atom. The summed E-state index contributed by atoms with van der Waals surface area (Å²) in [7, 11) is 0. The topological polar surface area (TPSA) is 52.7 Å². The molecule has 1 heterocycles. The smallest absolute Gasteiger partial charge is 0.320 e. The van der Waals surface area contributed by atoms with Gasteiger partial charge in [0.15, 0.2) is 0 Å². The van der Waals surface area contributed by atoms with Gasteiger partial charge >= 0.3 is 6.03 Å². The molecule has 1 saturated carbocycles. The second-order valence-electron chi connectivity index (χ2n) is 7.24. The van der Waals surface area contributed by atoms with Gasteiger partial charge in [-0.25, -0.2) is 4.79 Å². The Morgan fingerprint density at radius 2 is 1.84 bits per heavy atom. The molecule has 0 atom stereocenters.